The SMILES string of the molecule is COc1cc2c(cc1OCCCC(=O)Nc1cc(C(N)O)n(C)c1)N=CC1Cc3ccccc3N1C2=O. The Morgan fingerprint density at radius 2 is 2.08 bits per heavy atom. The van der Waals surface area contributed by atoms with Crippen molar-refractivity contribution in [3.05, 3.63) is 65.5 Å². The number of aromatic nitrogens is 1. The first kappa shape index (κ1) is 24.5. The quantitative estimate of drug-likeness (QED) is 0.320. The number of aryl methyl sites for hydroxylation is 1. The Kier molecular flexibility index (Phi) is 6.68. The number of benzene rings is 2. The minimum atomic E-state index is -1.12. The second-order valence-electron chi connectivity index (χ2n) is 9.08. The van der Waals surface area contributed by atoms with Crippen molar-refractivity contribution in [1.29, 1.82) is 0 Å². The fourth-order valence-electron chi connectivity index (χ4n) is 4.77. The molecule has 2 amide bonds. The highest BCUT2D eigenvalue weighted by Gasteiger charge is 2.36. The van der Waals surface area contributed by atoms with Crippen molar-refractivity contribution in [3.63, 3.8) is 0 Å². The van der Waals surface area contributed by atoms with E-state index in [1.165, 1.54) is 7.11 Å². The van der Waals surface area contributed by atoms with Gasteiger partial charge in [0.25, 0.3) is 5.91 Å². The first-order valence-electron chi connectivity index (χ1n) is 12.1. The second-order valence-corrected chi connectivity index (χ2v) is 9.08. The van der Waals surface area contributed by atoms with Gasteiger partial charge in [-0.05, 0) is 30.2 Å². The van der Waals surface area contributed by atoms with Gasteiger partial charge in [-0.25, -0.2) is 0 Å². The number of fused-ring (bicyclic) bond motifs is 4. The number of rotatable bonds is 8. The lowest BCUT2D eigenvalue weighted by Crippen LogP contribution is -2.37. The number of para-hydroxylation sites is 1. The van der Waals surface area contributed by atoms with E-state index in [0.717, 1.165) is 17.7 Å². The largest absolute Gasteiger partial charge is 0.493 e. The number of carbonyl (C=O) groups excluding carboxylic acids is 2. The minimum Gasteiger partial charge on any atom is -0.493 e. The number of hydrogen-bond donors (Lipinski definition) is 3. The van der Waals surface area contributed by atoms with Gasteiger partial charge in [-0.3, -0.25) is 19.5 Å². The third kappa shape index (κ3) is 4.81. The molecule has 10 nitrogen and oxygen atoms in total. The summed E-state index contributed by atoms with van der Waals surface area (Å²) in [4.78, 5) is 32.2. The molecular formula is C27H29N5O5. The summed E-state index contributed by atoms with van der Waals surface area (Å²) in [6.45, 7) is 0.268. The predicted molar refractivity (Wildman–Crippen MR) is 140 cm³/mol. The lowest BCUT2D eigenvalue weighted by atomic mass is 10.1. The van der Waals surface area contributed by atoms with Crippen LogP contribution in [0.15, 0.2) is 53.7 Å². The van der Waals surface area contributed by atoms with Crippen molar-refractivity contribution >= 4 is 35.1 Å². The number of aliphatic imine (C=N–C) groups is 1. The van der Waals surface area contributed by atoms with Crippen LogP contribution < -0.4 is 25.4 Å². The molecule has 2 aliphatic rings. The Morgan fingerprint density at radius 3 is 2.84 bits per heavy atom. The average Bonchev–Trinajstić information content (AvgIpc) is 3.40. The normalized spacial score (nSPS) is 16.5. The number of amides is 2. The molecule has 0 aliphatic carbocycles. The van der Waals surface area contributed by atoms with Crippen molar-refractivity contribution in [2.45, 2.75) is 31.5 Å². The van der Waals surface area contributed by atoms with Gasteiger partial charge in [0.2, 0.25) is 5.91 Å². The number of aliphatic hydroxyl groups is 1. The first-order valence-corrected chi connectivity index (χ1v) is 12.1. The molecule has 10 heteroatoms. The Bertz CT molecular complexity index is 1380. The van der Waals surface area contributed by atoms with Crippen LogP contribution in [0.1, 0.15) is 40.7 Å². The van der Waals surface area contributed by atoms with Crippen LogP contribution in [0.2, 0.25) is 0 Å². The van der Waals surface area contributed by atoms with E-state index in [1.54, 1.807) is 40.9 Å². The zero-order chi connectivity index (χ0) is 26.1. The zero-order valence-corrected chi connectivity index (χ0v) is 20.7. The maximum atomic E-state index is 13.5. The minimum absolute atomic E-state index is 0.129. The molecule has 2 aliphatic heterocycles. The van der Waals surface area contributed by atoms with Gasteiger partial charge in [0.15, 0.2) is 11.5 Å². The maximum Gasteiger partial charge on any atom is 0.261 e. The highest BCUT2D eigenvalue weighted by Crippen LogP contribution is 2.40. The summed E-state index contributed by atoms with van der Waals surface area (Å²) >= 11 is 0. The van der Waals surface area contributed by atoms with Crippen molar-refractivity contribution in [2.75, 3.05) is 23.9 Å². The van der Waals surface area contributed by atoms with Crippen molar-refractivity contribution < 1.29 is 24.2 Å². The number of nitrogens with two attached hydrogens (primary N) is 1. The van der Waals surface area contributed by atoms with Crippen LogP contribution in [0, 0.1) is 0 Å². The highest BCUT2D eigenvalue weighted by molar-refractivity contribution is 6.14. The summed E-state index contributed by atoms with van der Waals surface area (Å²) in [5, 5.41) is 12.3. The maximum absolute atomic E-state index is 13.5. The molecule has 37 heavy (non-hydrogen) atoms. The molecular weight excluding hydrogens is 474 g/mol. The first-order chi connectivity index (χ1) is 17.9. The zero-order valence-electron chi connectivity index (χ0n) is 20.7. The number of methoxy groups -OCH3 is 1. The molecule has 0 bridgehead atoms. The van der Waals surface area contributed by atoms with Gasteiger partial charge >= 0.3 is 0 Å². The smallest absolute Gasteiger partial charge is 0.261 e. The van der Waals surface area contributed by atoms with Gasteiger partial charge in [0.1, 0.15) is 6.23 Å². The number of nitrogens with zero attached hydrogens (tertiary/aromatic N) is 3. The van der Waals surface area contributed by atoms with Gasteiger partial charge in [-0.1, -0.05) is 18.2 Å². The molecule has 3 aromatic rings. The number of carbonyl (C=O) groups is 2. The van der Waals surface area contributed by atoms with E-state index in [0.29, 0.717) is 40.6 Å². The number of anilines is 2. The Balaban J connectivity index is 1.23. The number of aliphatic hydroxyl groups excluding tert-OH is 1. The van der Waals surface area contributed by atoms with Crippen LogP contribution in [0.5, 0.6) is 11.5 Å². The van der Waals surface area contributed by atoms with Gasteiger partial charge in [0.05, 0.1) is 42.4 Å². The van der Waals surface area contributed by atoms with Gasteiger partial charge in [-0.15, -0.1) is 0 Å². The van der Waals surface area contributed by atoms with E-state index in [1.807, 2.05) is 30.5 Å². The van der Waals surface area contributed by atoms with E-state index in [9.17, 15) is 14.7 Å². The molecule has 1 aromatic heterocycles. The van der Waals surface area contributed by atoms with Crippen LogP contribution in [-0.2, 0) is 18.3 Å². The van der Waals surface area contributed by atoms with Crippen LogP contribution in [-0.4, -0.2) is 47.5 Å². The van der Waals surface area contributed by atoms with Crippen molar-refractivity contribution in [1.82, 2.24) is 4.57 Å². The second kappa shape index (κ2) is 10.1. The molecule has 2 atom stereocenters. The predicted octanol–water partition coefficient (Wildman–Crippen LogP) is 3.07. The molecule has 0 spiro atoms. The van der Waals surface area contributed by atoms with Crippen LogP contribution in [0.3, 0.4) is 0 Å². The van der Waals surface area contributed by atoms with Crippen LogP contribution in [0.25, 0.3) is 0 Å². The Labute approximate surface area is 214 Å². The molecule has 0 saturated heterocycles. The van der Waals surface area contributed by atoms with Gasteiger partial charge < -0.3 is 30.2 Å². The Morgan fingerprint density at radius 1 is 1.27 bits per heavy atom. The number of ether oxygens (including phenoxy) is 2. The molecule has 0 saturated carbocycles. The summed E-state index contributed by atoms with van der Waals surface area (Å²) in [6.07, 6.45) is 3.79. The van der Waals surface area contributed by atoms with E-state index < -0.39 is 6.23 Å². The molecule has 2 aromatic carbocycles. The average molecular weight is 504 g/mol. The van der Waals surface area contributed by atoms with E-state index >= 15 is 0 Å². The summed E-state index contributed by atoms with van der Waals surface area (Å²) in [5.41, 5.74) is 9.56. The topological polar surface area (TPSA) is 131 Å². The number of nitrogens with one attached hydrogen (secondary N) is 1. The van der Waals surface area contributed by atoms with E-state index in [4.69, 9.17) is 15.2 Å². The van der Waals surface area contributed by atoms with Crippen molar-refractivity contribution in [2.24, 2.45) is 17.8 Å². The molecule has 5 rings (SSSR count). The molecule has 192 valence electrons. The van der Waals surface area contributed by atoms with Crippen LogP contribution >= 0.6 is 0 Å². The fourth-order valence-corrected chi connectivity index (χ4v) is 4.77. The summed E-state index contributed by atoms with van der Waals surface area (Å²) in [5.74, 6) is 0.570. The summed E-state index contributed by atoms with van der Waals surface area (Å²) in [6, 6.07) is 12.8. The molecule has 0 fully saturated rings. The highest BCUT2D eigenvalue weighted by atomic mass is 16.5. The van der Waals surface area contributed by atoms with Gasteiger partial charge in [-0.2, -0.15) is 0 Å². The molecule has 4 N–H and O–H groups in total. The fraction of sp³-hybridized carbons (Fsp3) is 0.296. The van der Waals surface area contributed by atoms with E-state index in [2.05, 4.69) is 10.3 Å². The third-order valence-corrected chi connectivity index (χ3v) is 6.56. The van der Waals surface area contributed by atoms with Crippen LogP contribution in [0.4, 0.5) is 17.1 Å². The lowest BCUT2D eigenvalue weighted by Gasteiger charge is -2.22. The monoisotopic (exact) mass is 503 g/mol. The lowest BCUT2D eigenvalue weighted by molar-refractivity contribution is -0.116. The van der Waals surface area contributed by atoms with Crippen molar-refractivity contribution in [3.8, 4) is 11.5 Å². The van der Waals surface area contributed by atoms with Gasteiger partial charge in [0, 0.05) is 44.1 Å². The molecule has 3 heterocycles. The Hall–Kier alpha value is -4.15. The molecule has 2 unspecified atom stereocenters. The third-order valence-electron chi connectivity index (χ3n) is 6.56. The standard InChI is InChI=1S/C27H29N5O5/c1-31-15-17(11-22(31)26(28)34)30-25(33)8-5-9-37-24-13-20-19(12-23(24)36-2)27(35)32-18(14-29-20)10-16-6-3-4-7-21(16)32/h3-4,6-7,11-15,18,26,34H,5,8-10,28H2,1-2H3,(H,30,33). The summed E-state index contributed by atoms with van der Waals surface area (Å²) in [7, 11) is 3.26. The molecule has 0 radical (unpaired) electrons. The summed E-state index contributed by atoms with van der Waals surface area (Å²) < 4.78 is 13.1. The number of hydrogen-bond acceptors (Lipinski definition) is 7. The van der Waals surface area contributed by atoms with E-state index in [-0.39, 0.29) is 30.9 Å².